The molecule has 0 bridgehead atoms. The van der Waals surface area contributed by atoms with Crippen molar-refractivity contribution >= 4 is 0 Å². The first-order valence-corrected chi connectivity index (χ1v) is 6.10. The largest absolute Gasteiger partial charge is 0.494 e. The predicted octanol–water partition coefficient (Wildman–Crippen LogP) is 2.63. The molecule has 94 valence electrons. The van der Waals surface area contributed by atoms with Gasteiger partial charge in [-0.15, -0.1) is 0 Å². The lowest BCUT2D eigenvalue weighted by atomic mass is 10.2. The van der Waals surface area contributed by atoms with E-state index in [1.165, 1.54) is 5.56 Å². The van der Waals surface area contributed by atoms with Crippen molar-refractivity contribution in [2.24, 2.45) is 0 Å². The molecule has 0 saturated carbocycles. The van der Waals surface area contributed by atoms with Gasteiger partial charge < -0.3 is 9.30 Å². The van der Waals surface area contributed by atoms with Crippen LogP contribution in [0.15, 0.2) is 53.5 Å². The molecule has 0 amide bonds. The highest BCUT2D eigenvalue weighted by atomic mass is 16.5. The highest BCUT2D eigenvalue weighted by Gasteiger charge is 1.96. The van der Waals surface area contributed by atoms with Crippen LogP contribution in [0.2, 0.25) is 0 Å². The van der Waals surface area contributed by atoms with E-state index in [4.69, 9.17) is 4.74 Å². The van der Waals surface area contributed by atoms with Crippen molar-refractivity contribution in [3.63, 3.8) is 0 Å². The third-order valence-corrected chi connectivity index (χ3v) is 2.70. The summed E-state index contributed by atoms with van der Waals surface area (Å²) in [4.78, 5) is 11.5. The molecule has 0 fully saturated rings. The van der Waals surface area contributed by atoms with Gasteiger partial charge in [-0.3, -0.25) is 4.79 Å². The number of pyridine rings is 1. The summed E-state index contributed by atoms with van der Waals surface area (Å²) >= 11 is 0. The molecule has 0 atom stereocenters. The minimum atomic E-state index is 0.0352. The Hall–Kier alpha value is -2.03. The molecule has 0 aliphatic rings. The lowest BCUT2D eigenvalue weighted by Gasteiger charge is -2.08. The zero-order valence-electron chi connectivity index (χ0n) is 10.5. The van der Waals surface area contributed by atoms with Crippen LogP contribution >= 0.6 is 0 Å². The van der Waals surface area contributed by atoms with E-state index < -0.39 is 0 Å². The fraction of sp³-hybridized carbons (Fsp3) is 0.267. The molecule has 3 heteroatoms. The van der Waals surface area contributed by atoms with Crippen LogP contribution < -0.4 is 10.3 Å². The smallest absolute Gasteiger partial charge is 0.250 e. The molecule has 18 heavy (non-hydrogen) atoms. The summed E-state index contributed by atoms with van der Waals surface area (Å²) in [6.07, 6.45) is 2.62. The number of aryl methyl sites for hydroxylation is 2. The van der Waals surface area contributed by atoms with Gasteiger partial charge in [0.05, 0.1) is 6.61 Å². The van der Waals surface area contributed by atoms with E-state index in [0.717, 1.165) is 12.2 Å². The number of ether oxygens (including phenoxy) is 1. The monoisotopic (exact) mass is 243 g/mol. The molecule has 3 nitrogen and oxygen atoms in total. The van der Waals surface area contributed by atoms with E-state index >= 15 is 0 Å². The molecule has 2 rings (SSSR count). The van der Waals surface area contributed by atoms with Crippen LogP contribution in [0.25, 0.3) is 0 Å². The second kappa shape index (κ2) is 6.05. The lowest BCUT2D eigenvalue weighted by molar-refractivity contribution is 0.301. The van der Waals surface area contributed by atoms with E-state index in [9.17, 15) is 4.79 Å². The van der Waals surface area contributed by atoms with Crippen LogP contribution in [0.4, 0.5) is 0 Å². The Bertz CT molecular complexity index is 560. The minimum absolute atomic E-state index is 0.0352. The second-order valence-corrected chi connectivity index (χ2v) is 4.25. The van der Waals surface area contributed by atoms with Gasteiger partial charge in [0, 0.05) is 18.8 Å². The average Bonchev–Trinajstić information content (AvgIpc) is 2.37. The number of rotatable bonds is 5. The van der Waals surface area contributed by atoms with Crippen LogP contribution in [-0.2, 0) is 6.54 Å². The van der Waals surface area contributed by atoms with Crippen molar-refractivity contribution in [3.05, 3.63) is 64.6 Å². The summed E-state index contributed by atoms with van der Waals surface area (Å²) < 4.78 is 7.33. The molecular weight excluding hydrogens is 226 g/mol. The predicted molar refractivity (Wildman–Crippen MR) is 72.0 cm³/mol. The van der Waals surface area contributed by atoms with Crippen LogP contribution in [0.3, 0.4) is 0 Å². The highest BCUT2D eigenvalue weighted by Crippen LogP contribution is 2.12. The van der Waals surface area contributed by atoms with E-state index in [2.05, 4.69) is 0 Å². The van der Waals surface area contributed by atoms with Gasteiger partial charge in [-0.1, -0.05) is 18.2 Å². The van der Waals surface area contributed by atoms with Crippen molar-refractivity contribution in [2.45, 2.75) is 19.9 Å². The molecule has 0 spiro atoms. The van der Waals surface area contributed by atoms with Gasteiger partial charge in [0.15, 0.2) is 0 Å². The van der Waals surface area contributed by atoms with E-state index in [-0.39, 0.29) is 5.56 Å². The van der Waals surface area contributed by atoms with E-state index in [0.29, 0.717) is 13.2 Å². The number of aromatic nitrogens is 1. The van der Waals surface area contributed by atoms with Gasteiger partial charge in [0.25, 0.3) is 0 Å². The van der Waals surface area contributed by atoms with Gasteiger partial charge in [-0.25, -0.2) is 0 Å². The fourth-order valence-corrected chi connectivity index (χ4v) is 1.78. The average molecular weight is 243 g/mol. The molecule has 0 radical (unpaired) electrons. The first-order valence-electron chi connectivity index (χ1n) is 6.10. The van der Waals surface area contributed by atoms with Crippen molar-refractivity contribution in [1.82, 2.24) is 4.57 Å². The SMILES string of the molecule is Cc1cccc(OCCCn2ccccc2=O)c1. The van der Waals surface area contributed by atoms with E-state index in [1.807, 2.05) is 37.3 Å². The lowest BCUT2D eigenvalue weighted by Crippen LogP contribution is -2.18. The first kappa shape index (κ1) is 12.4. The summed E-state index contributed by atoms with van der Waals surface area (Å²) in [6, 6.07) is 13.2. The third kappa shape index (κ3) is 3.48. The minimum Gasteiger partial charge on any atom is -0.494 e. The normalized spacial score (nSPS) is 10.3. The Morgan fingerprint density at radius 2 is 2.06 bits per heavy atom. The summed E-state index contributed by atoms with van der Waals surface area (Å²) in [6.45, 7) is 3.34. The highest BCUT2D eigenvalue weighted by molar-refractivity contribution is 5.27. The molecule has 0 unspecified atom stereocenters. The molecule has 0 aliphatic heterocycles. The maximum Gasteiger partial charge on any atom is 0.250 e. The van der Waals surface area contributed by atoms with Crippen LogP contribution in [0, 0.1) is 6.92 Å². The zero-order chi connectivity index (χ0) is 12.8. The Kier molecular flexibility index (Phi) is 4.18. The summed E-state index contributed by atoms with van der Waals surface area (Å²) in [5, 5.41) is 0. The Morgan fingerprint density at radius 1 is 1.17 bits per heavy atom. The van der Waals surface area contributed by atoms with Gasteiger partial charge in [0.2, 0.25) is 5.56 Å². The molecule has 2 aromatic rings. The topological polar surface area (TPSA) is 31.2 Å². The van der Waals surface area contributed by atoms with Gasteiger partial charge in [0.1, 0.15) is 5.75 Å². The Balaban J connectivity index is 1.80. The Labute approximate surface area is 107 Å². The van der Waals surface area contributed by atoms with Crippen LogP contribution in [-0.4, -0.2) is 11.2 Å². The fourth-order valence-electron chi connectivity index (χ4n) is 1.78. The number of benzene rings is 1. The summed E-state index contributed by atoms with van der Waals surface area (Å²) in [5.74, 6) is 0.885. The number of hydrogen-bond acceptors (Lipinski definition) is 2. The van der Waals surface area contributed by atoms with Crippen molar-refractivity contribution in [3.8, 4) is 5.75 Å². The second-order valence-electron chi connectivity index (χ2n) is 4.25. The summed E-state index contributed by atoms with van der Waals surface area (Å²) in [7, 11) is 0. The molecule has 1 aromatic carbocycles. The Morgan fingerprint density at radius 3 is 2.83 bits per heavy atom. The number of hydrogen-bond donors (Lipinski definition) is 0. The molecule has 1 aromatic heterocycles. The third-order valence-electron chi connectivity index (χ3n) is 2.70. The molecular formula is C15H17NO2. The van der Waals surface area contributed by atoms with Gasteiger partial charge >= 0.3 is 0 Å². The van der Waals surface area contributed by atoms with Gasteiger partial charge in [-0.05, 0) is 37.1 Å². The van der Waals surface area contributed by atoms with Crippen LogP contribution in [0.1, 0.15) is 12.0 Å². The molecule has 0 saturated heterocycles. The van der Waals surface area contributed by atoms with Gasteiger partial charge in [-0.2, -0.15) is 0 Å². The van der Waals surface area contributed by atoms with Crippen LogP contribution in [0.5, 0.6) is 5.75 Å². The molecule has 0 aliphatic carbocycles. The first-order chi connectivity index (χ1) is 8.75. The maximum atomic E-state index is 11.5. The maximum absolute atomic E-state index is 11.5. The molecule has 1 heterocycles. The zero-order valence-corrected chi connectivity index (χ0v) is 10.5. The van der Waals surface area contributed by atoms with E-state index in [1.54, 1.807) is 22.9 Å². The van der Waals surface area contributed by atoms with Crippen molar-refractivity contribution in [1.29, 1.82) is 0 Å². The molecule has 0 N–H and O–H groups in total. The quantitative estimate of drug-likeness (QED) is 0.756. The van der Waals surface area contributed by atoms with Crippen molar-refractivity contribution in [2.75, 3.05) is 6.61 Å². The summed E-state index contributed by atoms with van der Waals surface area (Å²) in [5.41, 5.74) is 1.22. The van der Waals surface area contributed by atoms with Crippen molar-refractivity contribution < 1.29 is 4.74 Å². The number of nitrogens with zero attached hydrogens (tertiary/aromatic N) is 1. The standard InChI is InChI=1S/C15H17NO2/c1-13-6-4-7-14(12-13)18-11-5-10-16-9-3-2-8-15(16)17/h2-4,6-9,12H,5,10-11H2,1H3.